The number of hydrogen-bond acceptors (Lipinski definition) is 3. The van der Waals surface area contributed by atoms with E-state index >= 15 is 0 Å². The van der Waals surface area contributed by atoms with Crippen molar-refractivity contribution < 1.29 is 25.8 Å². The first-order valence-electron chi connectivity index (χ1n) is 17.3. The number of pyridine rings is 1. The largest absolute Gasteiger partial charge is 2.00 e. The molecule has 3 heterocycles. The van der Waals surface area contributed by atoms with E-state index in [1.165, 1.54) is 28.0 Å². The molecule has 0 N–H and O–H groups in total. The summed E-state index contributed by atoms with van der Waals surface area (Å²) in [5.41, 5.74) is 11.9. The van der Waals surface area contributed by atoms with Crippen LogP contribution in [-0.2, 0) is 21.1 Å². The monoisotopic (exact) mass is 829 g/mol. The molecule has 3 aromatic carbocycles. The molecule has 6 aromatic rings. The van der Waals surface area contributed by atoms with Gasteiger partial charge in [0.1, 0.15) is 5.82 Å². The van der Waals surface area contributed by atoms with E-state index in [-0.39, 0.29) is 21.1 Å². The summed E-state index contributed by atoms with van der Waals surface area (Å²) in [6, 6.07) is 28.2. The molecule has 0 amide bonds. The normalized spacial score (nSPS) is 19.6. The summed E-state index contributed by atoms with van der Waals surface area (Å²) in [4.78, 5) is 4.73. The van der Waals surface area contributed by atoms with Gasteiger partial charge in [0.25, 0.3) is 0 Å². The van der Waals surface area contributed by atoms with Crippen LogP contribution in [0.2, 0.25) is 0 Å². The molecule has 0 bridgehead atoms. The van der Waals surface area contributed by atoms with Gasteiger partial charge in [-0.15, -0.1) is 41.3 Å². The second-order valence-electron chi connectivity index (χ2n) is 14.4. The van der Waals surface area contributed by atoms with Crippen molar-refractivity contribution in [1.82, 2.24) is 19.3 Å². The number of rotatable bonds is 6. The number of allylic oxidation sites excluding steroid dienone is 2. The molecular weight excluding hydrogens is 784 g/mol. The zero-order valence-electron chi connectivity index (χ0n) is 30.3. The fourth-order valence-electron chi connectivity index (χ4n) is 7.96. The SMILES string of the molecule is CC1=C(C)[C@H](C)[C@H](C)[C@H](C)C1c1c(C)nn(-c2[c-]c(Oc3[c-]c4c(cc3)c3ccccc3n4-c3cc(C)ccn3)cc(C(C)C)c2)c1C.[Pt+2]. The number of aryl methyl sites for hydroxylation is 2. The number of para-hydroxylation sites is 1. The van der Waals surface area contributed by atoms with Crippen LogP contribution in [0.5, 0.6) is 11.5 Å². The Bertz CT molecular complexity index is 2220. The van der Waals surface area contributed by atoms with Crippen molar-refractivity contribution in [3.8, 4) is 23.0 Å². The quantitative estimate of drug-likeness (QED) is 0.124. The Hall–Kier alpha value is -3.95. The third-order valence-electron chi connectivity index (χ3n) is 11.2. The van der Waals surface area contributed by atoms with Gasteiger partial charge < -0.3 is 9.30 Å². The van der Waals surface area contributed by atoms with Crippen molar-refractivity contribution >= 4 is 21.8 Å². The predicted molar refractivity (Wildman–Crippen MR) is 197 cm³/mol. The molecule has 5 nitrogen and oxygen atoms in total. The minimum absolute atomic E-state index is 0. The summed E-state index contributed by atoms with van der Waals surface area (Å²) in [5, 5.41) is 7.42. The van der Waals surface area contributed by atoms with E-state index in [9.17, 15) is 0 Å². The standard InChI is InChI=1S/C43H46N4O.Pt/c1-24(2)33-20-34(47-32(10)43(31(9)45-47)42-29(7)27(5)26(4)28(6)30(42)8)22-36(21-33)48-35-15-16-38-37-13-11-12-14-39(37)46(40(38)23-35)41-19-25(3)17-18-44-41;/h11-21,24,26-27,29,42H,1-10H3;/q-2;+2/t26-,27+,29+,42?;/m1./s1. The molecule has 254 valence electrons. The number of nitrogens with zero attached hydrogens (tertiary/aromatic N) is 4. The topological polar surface area (TPSA) is 44.9 Å². The maximum atomic E-state index is 6.62. The average Bonchev–Trinajstić information content (AvgIpc) is 3.55. The summed E-state index contributed by atoms with van der Waals surface area (Å²) in [6.07, 6.45) is 1.86. The van der Waals surface area contributed by atoms with Crippen molar-refractivity contribution in [1.29, 1.82) is 0 Å². The summed E-state index contributed by atoms with van der Waals surface area (Å²) in [6.45, 7) is 22.7. The minimum Gasteiger partial charge on any atom is -0.509 e. The van der Waals surface area contributed by atoms with Crippen molar-refractivity contribution in [2.24, 2.45) is 17.8 Å². The van der Waals surface area contributed by atoms with Gasteiger partial charge in [-0.2, -0.15) is 11.2 Å². The number of hydrogen-bond donors (Lipinski definition) is 0. The molecule has 1 aliphatic rings. The first-order valence-corrected chi connectivity index (χ1v) is 17.3. The summed E-state index contributed by atoms with van der Waals surface area (Å²) >= 11 is 0. The fourth-order valence-corrected chi connectivity index (χ4v) is 7.96. The Morgan fingerprint density at radius 1 is 0.796 bits per heavy atom. The Labute approximate surface area is 305 Å². The maximum absolute atomic E-state index is 6.62. The van der Waals surface area contributed by atoms with Gasteiger partial charge >= 0.3 is 21.1 Å². The Morgan fingerprint density at radius 2 is 1.55 bits per heavy atom. The number of ether oxygens (including phenoxy) is 1. The molecule has 4 atom stereocenters. The number of benzene rings is 3. The molecule has 0 fully saturated rings. The van der Waals surface area contributed by atoms with E-state index in [2.05, 4.69) is 139 Å². The molecule has 7 rings (SSSR count). The van der Waals surface area contributed by atoms with Gasteiger partial charge in [0.05, 0.1) is 5.69 Å². The predicted octanol–water partition coefficient (Wildman–Crippen LogP) is 11.1. The minimum atomic E-state index is 0. The zero-order chi connectivity index (χ0) is 34.0. The van der Waals surface area contributed by atoms with Crippen LogP contribution in [-0.4, -0.2) is 19.3 Å². The molecule has 0 spiro atoms. The van der Waals surface area contributed by atoms with E-state index < -0.39 is 0 Å². The summed E-state index contributed by atoms with van der Waals surface area (Å²) < 4.78 is 10.9. The van der Waals surface area contributed by atoms with Crippen molar-refractivity contribution in [3.05, 3.63) is 118 Å². The molecule has 0 saturated carbocycles. The molecular formula is C43H46N4OPt. The maximum Gasteiger partial charge on any atom is 2.00 e. The number of aromatic nitrogens is 4. The first-order chi connectivity index (χ1) is 22.9. The Kier molecular flexibility index (Phi) is 9.54. The van der Waals surface area contributed by atoms with Crippen LogP contribution in [0.15, 0.2) is 78.0 Å². The molecule has 49 heavy (non-hydrogen) atoms. The Morgan fingerprint density at radius 3 is 2.29 bits per heavy atom. The molecule has 3 aromatic heterocycles. The molecule has 0 radical (unpaired) electrons. The van der Waals surface area contributed by atoms with Crippen LogP contribution in [0.3, 0.4) is 0 Å². The van der Waals surface area contributed by atoms with Gasteiger partial charge in [0.15, 0.2) is 0 Å². The molecule has 1 unspecified atom stereocenters. The van der Waals surface area contributed by atoms with E-state index in [4.69, 9.17) is 14.8 Å². The van der Waals surface area contributed by atoms with Gasteiger partial charge in [-0.25, -0.2) is 4.98 Å². The van der Waals surface area contributed by atoms with Crippen LogP contribution in [0.4, 0.5) is 0 Å². The molecule has 1 aliphatic carbocycles. The first kappa shape index (κ1) is 34.9. The van der Waals surface area contributed by atoms with E-state index in [1.54, 1.807) is 0 Å². The molecule has 0 aliphatic heterocycles. The third-order valence-corrected chi connectivity index (χ3v) is 11.2. The van der Waals surface area contributed by atoms with E-state index in [1.807, 2.05) is 18.3 Å². The summed E-state index contributed by atoms with van der Waals surface area (Å²) in [5.74, 6) is 4.52. The smallest absolute Gasteiger partial charge is 0.509 e. The second kappa shape index (κ2) is 13.4. The summed E-state index contributed by atoms with van der Waals surface area (Å²) in [7, 11) is 0. The van der Waals surface area contributed by atoms with Gasteiger partial charge in [-0.1, -0.05) is 69.5 Å². The van der Waals surface area contributed by atoms with Gasteiger partial charge in [0, 0.05) is 40.4 Å². The second-order valence-corrected chi connectivity index (χ2v) is 14.4. The van der Waals surface area contributed by atoms with Crippen LogP contribution < -0.4 is 4.74 Å². The van der Waals surface area contributed by atoms with Crippen LogP contribution in [0.1, 0.15) is 88.4 Å². The Balaban J connectivity index is 0.00000417. The molecule has 0 saturated heterocycles. The number of fused-ring (bicyclic) bond motifs is 3. The van der Waals surface area contributed by atoms with E-state index in [0.29, 0.717) is 41.1 Å². The van der Waals surface area contributed by atoms with Gasteiger partial charge in [-0.05, 0) is 93.1 Å². The zero-order valence-corrected chi connectivity index (χ0v) is 32.5. The van der Waals surface area contributed by atoms with Crippen molar-refractivity contribution in [3.63, 3.8) is 0 Å². The molecule has 6 heteroatoms. The fraction of sp³-hybridized carbons (Fsp3) is 0.349. The van der Waals surface area contributed by atoms with Crippen LogP contribution in [0, 0.1) is 50.7 Å². The van der Waals surface area contributed by atoms with Crippen LogP contribution >= 0.6 is 0 Å². The average molecular weight is 830 g/mol. The van der Waals surface area contributed by atoms with Crippen LogP contribution in [0.25, 0.3) is 33.3 Å². The van der Waals surface area contributed by atoms with Crippen molar-refractivity contribution in [2.45, 2.75) is 81.1 Å². The van der Waals surface area contributed by atoms with Gasteiger partial charge in [-0.3, -0.25) is 4.68 Å². The van der Waals surface area contributed by atoms with E-state index in [0.717, 1.165) is 44.6 Å². The van der Waals surface area contributed by atoms with Crippen molar-refractivity contribution in [2.75, 3.05) is 0 Å². The third kappa shape index (κ3) is 5.99. The van der Waals surface area contributed by atoms with Gasteiger partial charge in [0.2, 0.25) is 0 Å².